The van der Waals surface area contributed by atoms with Crippen LogP contribution in [-0.4, -0.2) is 33.3 Å². The molecule has 0 amide bonds. The lowest BCUT2D eigenvalue weighted by Gasteiger charge is -2.15. The first-order valence-corrected chi connectivity index (χ1v) is 12.5. The van der Waals surface area contributed by atoms with Crippen molar-refractivity contribution in [1.29, 1.82) is 0 Å². The van der Waals surface area contributed by atoms with Gasteiger partial charge in [0.25, 0.3) is 0 Å². The summed E-state index contributed by atoms with van der Waals surface area (Å²) >= 11 is 1.41. The molecule has 0 aromatic carbocycles. The van der Waals surface area contributed by atoms with Crippen molar-refractivity contribution in [3.63, 3.8) is 0 Å². The van der Waals surface area contributed by atoms with Crippen LogP contribution in [0.4, 0.5) is 10.2 Å². The smallest absolute Gasteiger partial charge is 0.351 e. The molecule has 1 aliphatic heterocycles. The van der Waals surface area contributed by atoms with Crippen LogP contribution in [0.3, 0.4) is 0 Å². The highest BCUT2D eigenvalue weighted by Crippen LogP contribution is 2.31. The Hall–Kier alpha value is -1.61. The van der Waals surface area contributed by atoms with E-state index in [2.05, 4.69) is 11.9 Å². The van der Waals surface area contributed by atoms with Crippen molar-refractivity contribution in [2.24, 2.45) is 0 Å². The van der Waals surface area contributed by atoms with Gasteiger partial charge in [0.1, 0.15) is 18.3 Å². The van der Waals surface area contributed by atoms with Gasteiger partial charge in [-0.2, -0.15) is 4.98 Å². The predicted octanol–water partition coefficient (Wildman–Crippen LogP) is 4.80. The summed E-state index contributed by atoms with van der Waals surface area (Å²) in [6, 6.07) is 0. The Morgan fingerprint density at radius 3 is 2.45 bits per heavy atom. The number of hydrogen-bond acceptors (Lipinski definition) is 7. The molecule has 1 aromatic heterocycles. The van der Waals surface area contributed by atoms with Gasteiger partial charge in [0.05, 0.1) is 6.20 Å². The van der Waals surface area contributed by atoms with E-state index in [-0.39, 0.29) is 12.6 Å². The molecular weight excluding hydrogens is 421 g/mol. The van der Waals surface area contributed by atoms with E-state index in [4.69, 9.17) is 15.2 Å². The van der Waals surface area contributed by atoms with E-state index in [0.29, 0.717) is 12.2 Å². The molecule has 0 radical (unpaired) electrons. The number of unbranched alkanes of at least 4 members (excludes halogenated alkanes) is 10. The van der Waals surface area contributed by atoms with Crippen molar-refractivity contribution in [2.75, 3.05) is 18.1 Å². The van der Waals surface area contributed by atoms with Crippen LogP contribution < -0.4 is 11.4 Å². The summed E-state index contributed by atoms with van der Waals surface area (Å²) in [4.78, 5) is 27.2. The fourth-order valence-corrected chi connectivity index (χ4v) is 4.50. The number of nitrogens with zero attached hydrogens (tertiary/aromatic N) is 2. The Bertz CT molecular complexity index is 731. The van der Waals surface area contributed by atoms with Crippen LogP contribution in [-0.2, 0) is 14.3 Å². The van der Waals surface area contributed by atoms with Gasteiger partial charge in [-0.3, -0.25) is 9.36 Å². The number of carbonyl (C=O) groups excluding carboxylic acids is 1. The number of nitrogens with two attached hydrogens (primary N) is 1. The second kappa shape index (κ2) is 14.5. The first-order chi connectivity index (χ1) is 15.0. The van der Waals surface area contributed by atoms with Crippen LogP contribution >= 0.6 is 11.8 Å². The maximum atomic E-state index is 13.6. The fourth-order valence-electron chi connectivity index (χ4n) is 3.51. The Morgan fingerprint density at radius 1 is 1.19 bits per heavy atom. The molecule has 1 aliphatic rings. The third-order valence-electron chi connectivity index (χ3n) is 5.34. The van der Waals surface area contributed by atoms with Gasteiger partial charge in [-0.05, 0) is 6.42 Å². The summed E-state index contributed by atoms with van der Waals surface area (Å²) < 4.78 is 25.6. The van der Waals surface area contributed by atoms with Crippen LogP contribution in [0.5, 0.6) is 0 Å². The van der Waals surface area contributed by atoms with Crippen LogP contribution in [0.1, 0.15) is 90.2 Å². The van der Waals surface area contributed by atoms with Gasteiger partial charge in [0.15, 0.2) is 11.6 Å². The SMILES string of the molecule is CCCCCCCCCCCCCC(=O)OC[C@H]1O[C@@H](n2cc(F)c(N)nc2=O)CS1. The molecule has 31 heavy (non-hydrogen) atoms. The highest BCUT2D eigenvalue weighted by atomic mass is 32.2. The highest BCUT2D eigenvalue weighted by molar-refractivity contribution is 8.00. The van der Waals surface area contributed by atoms with Crippen molar-refractivity contribution in [2.45, 2.75) is 95.6 Å². The Morgan fingerprint density at radius 2 is 1.81 bits per heavy atom. The lowest BCUT2D eigenvalue weighted by atomic mass is 10.1. The summed E-state index contributed by atoms with van der Waals surface area (Å²) in [6.07, 6.45) is 14.3. The molecule has 1 saturated heterocycles. The lowest BCUT2D eigenvalue weighted by molar-refractivity contribution is -0.147. The summed E-state index contributed by atoms with van der Waals surface area (Å²) in [7, 11) is 0. The minimum atomic E-state index is -0.768. The van der Waals surface area contributed by atoms with Gasteiger partial charge in [0.2, 0.25) is 0 Å². The normalized spacial score (nSPS) is 18.4. The maximum Gasteiger partial charge on any atom is 0.351 e. The number of thioether (sulfide) groups is 1. The average Bonchev–Trinajstić information content (AvgIpc) is 3.22. The third-order valence-corrected chi connectivity index (χ3v) is 6.44. The van der Waals surface area contributed by atoms with Crippen molar-refractivity contribution in [3.05, 3.63) is 22.5 Å². The zero-order chi connectivity index (χ0) is 22.5. The van der Waals surface area contributed by atoms with Gasteiger partial charge in [-0.25, -0.2) is 9.18 Å². The first kappa shape index (κ1) is 25.6. The molecule has 9 heteroatoms. The van der Waals surface area contributed by atoms with E-state index >= 15 is 0 Å². The standard InChI is InChI=1S/C22H36FN3O4S/c1-2-3-4-5-6-7-8-9-10-11-12-13-19(27)29-15-20-30-18(16-31-20)26-14-17(23)21(24)25-22(26)28/h14,18,20H,2-13,15-16H2,1H3,(H2,24,25,28)/t18-,20+/m1/s1. The first-order valence-electron chi connectivity index (χ1n) is 11.5. The largest absolute Gasteiger partial charge is 0.462 e. The molecule has 0 spiro atoms. The lowest BCUT2D eigenvalue weighted by Crippen LogP contribution is -2.30. The van der Waals surface area contributed by atoms with Gasteiger partial charge in [-0.1, -0.05) is 71.1 Å². The number of esters is 1. The minimum absolute atomic E-state index is 0.109. The molecular formula is C22H36FN3O4S. The summed E-state index contributed by atoms with van der Waals surface area (Å²) in [5.41, 5.74) is 4.24. The predicted molar refractivity (Wildman–Crippen MR) is 121 cm³/mol. The molecule has 2 atom stereocenters. The Kier molecular flexibility index (Phi) is 12.0. The quantitative estimate of drug-likeness (QED) is 0.298. The minimum Gasteiger partial charge on any atom is -0.462 e. The second-order valence-electron chi connectivity index (χ2n) is 7.99. The number of anilines is 1. The summed E-state index contributed by atoms with van der Waals surface area (Å²) in [5, 5.41) is 0. The molecule has 2 N–H and O–H groups in total. The van der Waals surface area contributed by atoms with Gasteiger partial charge < -0.3 is 15.2 Å². The van der Waals surface area contributed by atoms with Crippen molar-refractivity contribution in [1.82, 2.24) is 9.55 Å². The number of halogens is 1. The Balaban J connectivity index is 1.51. The Labute approximate surface area is 188 Å². The highest BCUT2D eigenvalue weighted by Gasteiger charge is 2.29. The molecule has 0 bridgehead atoms. The zero-order valence-electron chi connectivity index (χ0n) is 18.5. The number of rotatable bonds is 15. The summed E-state index contributed by atoms with van der Waals surface area (Å²) in [6.45, 7) is 2.35. The molecule has 7 nitrogen and oxygen atoms in total. The van der Waals surface area contributed by atoms with Gasteiger partial charge >= 0.3 is 11.7 Å². The fraction of sp³-hybridized carbons (Fsp3) is 0.773. The summed E-state index contributed by atoms with van der Waals surface area (Å²) in [5.74, 6) is -0.998. The van der Waals surface area contributed by atoms with Crippen LogP contribution in [0.15, 0.2) is 11.0 Å². The maximum absolute atomic E-state index is 13.6. The second-order valence-corrected chi connectivity index (χ2v) is 9.18. The van der Waals surface area contributed by atoms with Crippen LogP contribution in [0.25, 0.3) is 0 Å². The third kappa shape index (κ3) is 9.60. The van der Waals surface area contributed by atoms with Crippen molar-refractivity contribution < 1.29 is 18.7 Å². The molecule has 1 fully saturated rings. The van der Waals surface area contributed by atoms with Crippen LogP contribution in [0, 0.1) is 5.82 Å². The molecule has 0 saturated carbocycles. The van der Waals surface area contributed by atoms with E-state index in [1.54, 1.807) is 0 Å². The average molecular weight is 458 g/mol. The van der Waals surface area contributed by atoms with E-state index in [9.17, 15) is 14.0 Å². The monoisotopic (exact) mass is 457 g/mol. The van der Waals surface area contributed by atoms with Crippen molar-refractivity contribution in [3.8, 4) is 0 Å². The zero-order valence-corrected chi connectivity index (χ0v) is 19.3. The number of nitrogen functional groups attached to an aromatic ring is 1. The van der Waals surface area contributed by atoms with E-state index in [1.807, 2.05) is 0 Å². The number of ether oxygens (including phenoxy) is 2. The van der Waals surface area contributed by atoms with Gasteiger partial charge in [-0.15, -0.1) is 11.8 Å². The molecule has 176 valence electrons. The van der Waals surface area contributed by atoms with E-state index in [0.717, 1.165) is 30.0 Å². The molecule has 1 aromatic rings. The van der Waals surface area contributed by atoms with Crippen LogP contribution in [0.2, 0.25) is 0 Å². The topological polar surface area (TPSA) is 96.4 Å². The molecule has 0 aliphatic carbocycles. The molecule has 2 heterocycles. The van der Waals surface area contributed by atoms with Crippen molar-refractivity contribution >= 4 is 23.5 Å². The molecule has 2 rings (SSSR count). The number of aromatic nitrogens is 2. The molecule has 0 unspecified atom stereocenters. The number of hydrogen-bond donors (Lipinski definition) is 1. The van der Waals surface area contributed by atoms with Gasteiger partial charge in [0, 0.05) is 12.2 Å². The number of carbonyl (C=O) groups is 1. The van der Waals surface area contributed by atoms with E-state index in [1.165, 1.54) is 63.1 Å². The van der Waals surface area contributed by atoms with E-state index < -0.39 is 29.0 Å².